The topological polar surface area (TPSA) is 36.3 Å². The van der Waals surface area contributed by atoms with E-state index in [0.29, 0.717) is 37.2 Å². The predicted molar refractivity (Wildman–Crippen MR) is 91.3 cm³/mol. The average Bonchev–Trinajstić information content (AvgIpc) is 2.62. The van der Waals surface area contributed by atoms with Crippen LogP contribution in [0.25, 0.3) is 0 Å². The fraction of sp³-hybridized carbons (Fsp3) is 0.350. The molecular weight excluding hydrogens is 341 g/mol. The number of ether oxygens (including phenoxy) is 1. The van der Waals surface area contributed by atoms with Crippen LogP contribution in [0, 0.1) is 11.3 Å². The van der Waals surface area contributed by atoms with Crippen LogP contribution in [0.2, 0.25) is 0 Å². The number of nitrogens with zero attached hydrogens (tertiary/aromatic N) is 2. The summed E-state index contributed by atoms with van der Waals surface area (Å²) in [6, 6.07) is 15.0. The Morgan fingerprint density at radius 3 is 2.73 bits per heavy atom. The molecule has 1 atom stereocenters. The molecule has 26 heavy (non-hydrogen) atoms. The highest BCUT2D eigenvalue weighted by Gasteiger charge is 2.30. The Hall–Kier alpha value is -2.36. The molecule has 6 heteroatoms. The third-order valence-corrected chi connectivity index (χ3v) is 4.47. The van der Waals surface area contributed by atoms with Crippen molar-refractivity contribution < 1.29 is 17.9 Å². The van der Waals surface area contributed by atoms with Gasteiger partial charge in [-0.15, -0.1) is 0 Å². The zero-order valence-corrected chi connectivity index (χ0v) is 14.2. The van der Waals surface area contributed by atoms with Crippen LogP contribution < -0.4 is 0 Å². The van der Waals surface area contributed by atoms with Crippen LogP contribution in [0.1, 0.15) is 22.3 Å². The molecule has 2 aromatic carbocycles. The lowest BCUT2D eigenvalue weighted by atomic mass is 10.0. The second-order valence-corrected chi connectivity index (χ2v) is 6.40. The van der Waals surface area contributed by atoms with Crippen LogP contribution in [0.4, 0.5) is 13.2 Å². The average molecular weight is 360 g/mol. The van der Waals surface area contributed by atoms with Gasteiger partial charge >= 0.3 is 6.18 Å². The Kier molecular flexibility index (Phi) is 5.60. The maximum Gasteiger partial charge on any atom is 0.416 e. The van der Waals surface area contributed by atoms with Crippen molar-refractivity contribution in [2.24, 2.45) is 0 Å². The van der Waals surface area contributed by atoms with E-state index in [-0.39, 0.29) is 6.10 Å². The van der Waals surface area contributed by atoms with Crippen molar-refractivity contribution in [2.45, 2.75) is 25.2 Å². The van der Waals surface area contributed by atoms with Crippen LogP contribution >= 0.6 is 0 Å². The second-order valence-electron chi connectivity index (χ2n) is 6.40. The van der Waals surface area contributed by atoms with Crippen molar-refractivity contribution in [3.8, 4) is 6.07 Å². The summed E-state index contributed by atoms with van der Waals surface area (Å²) in [6.07, 6.45) is -4.07. The van der Waals surface area contributed by atoms with Gasteiger partial charge in [0.15, 0.2) is 0 Å². The van der Waals surface area contributed by atoms with E-state index in [4.69, 9.17) is 4.74 Å². The van der Waals surface area contributed by atoms with Gasteiger partial charge in [0.2, 0.25) is 0 Å². The lowest BCUT2D eigenvalue weighted by molar-refractivity contribution is -0.137. The number of hydrogen-bond acceptors (Lipinski definition) is 3. The molecule has 3 rings (SSSR count). The summed E-state index contributed by atoms with van der Waals surface area (Å²) in [4.78, 5) is 2.18. The Bertz CT molecular complexity index is 798. The number of morpholine rings is 1. The van der Waals surface area contributed by atoms with Crippen LogP contribution in [-0.2, 0) is 23.9 Å². The summed E-state index contributed by atoms with van der Waals surface area (Å²) < 4.78 is 44.3. The maximum absolute atomic E-state index is 12.9. The molecule has 2 aromatic rings. The van der Waals surface area contributed by atoms with E-state index in [2.05, 4.69) is 11.0 Å². The highest BCUT2D eigenvalue weighted by Crippen LogP contribution is 2.30. The summed E-state index contributed by atoms with van der Waals surface area (Å²) in [5, 5.41) is 9.20. The number of halogens is 3. The van der Waals surface area contributed by atoms with Gasteiger partial charge in [-0.2, -0.15) is 18.4 Å². The van der Waals surface area contributed by atoms with Crippen LogP contribution in [-0.4, -0.2) is 30.7 Å². The Labute approximate surface area is 150 Å². The fourth-order valence-corrected chi connectivity index (χ4v) is 3.19. The van der Waals surface area contributed by atoms with Crippen LogP contribution in [0.5, 0.6) is 0 Å². The van der Waals surface area contributed by atoms with E-state index in [9.17, 15) is 18.4 Å². The first-order valence-corrected chi connectivity index (χ1v) is 8.44. The number of rotatable bonds is 4. The molecule has 0 amide bonds. The van der Waals surface area contributed by atoms with Gasteiger partial charge in [0.05, 0.1) is 29.9 Å². The largest absolute Gasteiger partial charge is 0.416 e. The molecule has 1 aliphatic heterocycles. The molecule has 0 bridgehead atoms. The number of alkyl halides is 3. The molecule has 0 unspecified atom stereocenters. The van der Waals surface area contributed by atoms with Crippen molar-refractivity contribution in [1.29, 1.82) is 5.26 Å². The minimum absolute atomic E-state index is 0.165. The van der Waals surface area contributed by atoms with Gasteiger partial charge in [0, 0.05) is 19.6 Å². The zero-order valence-electron chi connectivity index (χ0n) is 14.2. The number of hydrogen-bond donors (Lipinski definition) is 0. The summed E-state index contributed by atoms with van der Waals surface area (Å²) in [5.41, 5.74) is 1.58. The van der Waals surface area contributed by atoms with Crippen molar-refractivity contribution in [1.82, 2.24) is 4.90 Å². The van der Waals surface area contributed by atoms with Crippen molar-refractivity contribution in [3.63, 3.8) is 0 Å². The highest BCUT2D eigenvalue weighted by molar-refractivity contribution is 5.37. The molecular formula is C20H19F3N2O. The molecule has 3 nitrogen and oxygen atoms in total. The minimum Gasteiger partial charge on any atom is -0.375 e. The molecule has 0 spiro atoms. The second kappa shape index (κ2) is 7.90. The SMILES string of the molecule is N#Cc1ccccc1CN1CCO[C@@H](Cc2cccc(C(F)(F)F)c2)C1. The maximum atomic E-state index is 12.9. The van der Waals surface area contributed by atoms with E-state index in [1.165, 1.54) is 12.1 Å². The fourth-order valence-electron chi connectivity index (χ4n) is 3.19. The molecule has 1 heterocycles. The van der Waals surface area contributed by atoms with Crippen molar-refractivity contribution >= 4 is 0 Å². The van der Waals surface area contributed by atoms with Crippen LogP contribution in [0.3, 0.4) is 0 Å². The van der Waals surface area contributed by atoms with E-state index in [1.54, 1.807) is 12.1 Å². The van der Waals surface area contributed by atoms with E-state index in [0.717, 1.165) is 18.2 Å². The number of benzene rings is 2. The van der Waals surface area contributed by atoms with Gasteiger partial charge in [-0.25, -0.2) is 0 Å². The first-order chi connectivity index (χ1) is 12.5. The third kappa shape index (κ3) is 4.63. The zero-order chi connectivity index (χ0) is 18.6. The van der Waals surface area contributed by atoms with Gasteiger partial charge in [0.1, 0.15) is 0 Å². The molecule has 0 saturated carbocycles. The van der Waals surface area contributed by atoms with E-state index < -0.39 is 11.7 Å². The predicted octanol–water partition coefficient (Wildman–Crippen LogP) is 4.02. The Balaban J connectivity index is 1.65. The van der Waals surface area contributed by atoms with Gasteiger partial charge in [-0.3, -0.25) is 4.90 Å². The van der Waals surface area contributed by atoms with E-state index in [1.807, 2.05) is 18.2 Å². The standard InChI is InChI=1S/C20H19F3N2O/c21-20(22,23)18-7-3-4-15(10-18)11-19-14-25(8-9-26-19)13-17-6-2-1-5-16(17)12-24/h1-7,10,19H,8-9,11,13-14H2/t19-/m0/s1. The summed E-state index contributed by atoms with van der Waals surface area (Å²) in [5.74, 6) is 0. The highest BCUT2D eigenvalue weighted by atomic mass is 19.4. The van der Waals surface area contributed by atoms with Gasteiger partial charge < -0.3 is 4.74 Å². The van der Waals surface area contributed by atoms with Gasteiger partial charge in [-0.05, 0) is 29.7 Å². The molecule has 0 N–H and O–H groups in total. The van der Waals surface area contributed by atoms with Gasteiger partial charge in [-0.1, -0.05) is 36.4 Å². The molecule has 0 radical (unpaired) electrons. The number of nitriles is 1. The quantitative estimate of drug-likeness (QED) is 0.826. The Morgan fingerprint density at radius 2 is 1.96 bits per heavy atom. The first-order valence-electron chi connectivity index (χ1n) is 8.44. The molecule has 0 aromatic heterocycles. The monoisotopic (exact) mass is 360 g/mol. The molecule has 1 fully saturated rings. The molecule has 1 aliphatic rings. The van der Waals surface area contributed by atoms with Gasteiger partial charge in [0.25, 0.3) is 0 Å². The van der Waals surface area contributed by atoms with Crippen molar-refractivity contribution in [3.05, 3.63) is 70.8 Å². The smallest absolute Gasteiger partial charge is 0.375 e. The molecule has 1 saturated heterocycles. The van der Waals surface area contributed by atoms with E-state index >= 15 is 0 Å². The summed E-state index contributed by atoms with van der Waals surface area (Å²) >= 11 is 0. The van der Waals surface area contributed by atoms with Crippen molar-refractivity contribution in [2.75, 3.05) is 19.7 Å². The summed E-state index contributed by atoms with van der Waals surface area (Å²) in [7, 11) is 0. The third-order valence-electron chi connectivity index (χ3n) is 4.47. The molecule has 0 aliphatic carbocycles. The first kappa shape index (κ1) is 18.4. The molecule has 136 valence electrons. The minimum atomic E-state index is -4.34. The normalized spacial score (nSPS) is 18.5. The Morgan fingerprint density at radius 1 is 1.15 bits per heavy atom. The summed E-state index contributed by atoms with van der Waals surface area (Å²) in [6.45, 7) is 2.51. The van der Waals surface area contributed by atoms with Crippen LogP contribution in [0.15, 0.2) is 48.5 Å². The lowest BCUT2D eigenvalue weighted by Gasteiger charge is -2.33. The lowest BCUT2D eigenvalue weighted by Crippen LogP contribution is -2.43.